The van der Waals surface area contributed by atoms with Gasteiger partial charge in [-0.2, -0.15) is 0 Å². The Morgan fingerprint density at radius 3 is 2.89 bits per heavy atom. The fourth-order valence-electron chi connectivity index (χ4n) is 2.48. The van der Waals surface area contributed by atoms with Crippen molar-refractivity contribution in [1.82, 2.24) is 5.32 Å². The third kappa shape index (κ3) is 2.25. The van der Waals surface area contributed by atoms with Crippen molar-refractivity contribution in [3.63, 3.8) is 0 Å². The summed E-state index contributed by atoms with van der Waals surface area (Å²) in [6.45, 7) is 3.56. The lowest BCUT2D eigenvalue weighted by molar-refractivity contribution is 0.0594. The Bertz CT molecular complexity index is 453. The molecule has 0 bridgehead atoms. The third-order valence-corrected chi connectivity index (χ3v) is 3.53. The quantitative estimate of drug-likeness (QED) is 0.837. The highest BCUT2D eigenvalue weighted by molar-refractivity contribution is 5.91. The first-order valence-corrected chi connectivity index (χ1v) is 6.29. The number of hydrogen-bond acceptors (Lipinski definition) is 3. The molecule has 2 rings (SSSR count). The molecule has 1 heterocycles. The van der Waals surface area contributed by atoms with Crippen LogP contribution in [0.2, 0.25) is 0 Å². The van der Waals surface area contributed by atoms with Crippen molar-refractivity contribution in [2.45, 2.75) is 25.7 Å². The summed E-state index contributed by atoms with van der Waals surface area (Å²) < 4.78 is 19.2. The smallest absolute Gasteiger partial charge is 0.341 e. The van der Waals surface area contributed by atoms with E-state index in [1.54, 1.807) is 6.07 Å². The number of nitrogens with one attached hydrogen (secondary N) is 1. The Hall–Kier alpha value is -1.42. The SMILES string of the molecule is CCc1ccc(C2CCNC2)c(F)c1C(=O)OC. The average molecular weight is 251 g/mol. The highest BCUT2D eigenvalue weighted by atomic mass is 19.1. The highest BCUT2D eigenvalue weighted by Gasteiger charge is 2.25. The molecule has 1 aliphatic heterocycles. The summed E-state index contributed by atoms with van der Waals surface area (Å²) in [6, 6.07) is 3.64. The molecule has 0 amide bonds. The van der Waals surface area contributed by atoms with Gasteiger partial charge < -0.3 is 10.1 Å². The molecule has 98 valence electrons. The number of carbonyl (C=O) groups excluding carboxylic acids is 1. The summed E-state index contributed by atoms with van der Waals surface area (Å²) in [4.78, 5) is 11.7. The van der Waals surface area contributed by atoms with Gasteiger partial charge in [0.1, 0.15) is 5.82 Å². The van der Waals surface area contributed by atoms with Crippen molar-refractivity contribution in [3.05, 3.63) is 34.6 Å². The number of halogens is 1. The lowest BCUT2D eigenvalue weighted by atomic mass is 9.92. The Kier molecular flexibility index (Phi) is 3.97. The van der Waals surface area contributed by atoms with E-state index in [4.69, 9.17) is 0 Å². The second kappa shape index (κ2) is 5.48. The largest absolute Gasteiger partial charge is 0.465 e. The summed E-state index contributed by atoms with van der Waals surface area (Å²) in [6.07, 6.45) is 1.52. The normalized spacial score (nSPS) is 18.9. The van der Waals surface area contributed by atoms with Crippen LogP contribution in [0.1, 0.15) is 40.7 Å². The summed E-state index contributed by atoms with van der Waals surface area (Å²) >= 11 is 0. The van der Waals surface area contributed by atoms with E-state index in [1.165, 1.54) is 7.11 Å². The number of methoxy groups -OCH3 is 1. The van der Waals surface area contributed by atoms with Crippen molar-refractivity contribution in [3.8, 4) is 0 Å². The minimum Gasteiger partial charge on any atom is -0.465 e. The zero-order chi connectivity index (χ0) is 13.1. The van der Waals surface area contributed by atoms with Gasteiger partial charge in [-0.3, -0.25) is 0 Å². The lowest BCUT2D eigenvalue weighted by Gasteiger charge is -2.15. The minimum atomic E-state index is -0.586. The monoisotopic (exact) mass is 251 g/mol. The van der Waals surface area contributed by atoms with Gasteiger partial charge in [-0.05, 0) is 30.5 Å². The molecular weight excluding hydrogens is 233 g/mol. The van der Waals surface area contributed by atoms with Gasteiger partial charge in [0, 0.05) is 12.5 Å². The van der Waals surface area contributed by atoms with Crippen LogP contribution in [0.25, 0.3) is 0 Å². The predicted octanol–water partition coefficient (Wildman–Crippen LogP) is 2.25. The Balaban J connectivity index is 2.47. The van der Waals surface area contributed by atoms with Crippen LogP contribution in [0, 0.1) is 5.82 Å². The first-order chi connectivity index (χ1) is 8.69. The number of hydrogen-bond donors (Lipinski definition) is 1. The molecule has 0 aromatic heterocycles. The number of ether oxygens (including phenoxy) is 1. The van der Waals surface area contributed by atoms with Gasteiger partial charge in [-0.25, -0.2) is 9.18 Å². The van der Waals surface area contributed by atoms with Crippen LogP contribution >= 0.6 is 0 Å². The molecule has 1 N–H and O–H groups in total. The molecule has 1 aliphatic rings. The maximum Gasteiger partial charge on any atom is 0.341 e. The van der Waals surface area contributed by atoms with Crippen LogP contribution in [-0.2, 0) is 11.2 Å². The molecule has 0 spiro atoms. The van der Waals surface area contributed by atoms with E-state index in [9.17, 15) is 9.18 Å². The first-order valence-electron chi connectivity index (χ1n) is 6.29. The van der Waals surface area contributed by atoms with Crippen molar-refractivity contribution < 1.29 is 13.9 Å². The molecule has 0 saturated carbocycles. The molecule has 18 heavy (non-hydrogen) atoms. The predicted molar refractivity (Wildman–Crippen MR) is 67.3 cm³/mol. The van der Waals surface area contributed by atoms with Gasteiger partial charge in [0.2, 0.25) is 0 Å². The van der Waals surface area contributed by atoms with Gasteiger partial charge in [-0.1, -0.05) is 19.1 Å². The van der Waals surface area contributed by atoms with Gasteiger partial charge >= 0.3 is 5.97 Å². The number of rotatable bonds is 3. The minimum absolute atomic E-state index is 0.101. The van der Waals surface area contributed by atoms with Crippen LogP contribution in [0.4, 0.5) is 4.39 Å². The number of aryl methyl sites for hydroxylation is 1. The van der Waals surface area contributed by atoms with Crippen LogP contribution in [0.5, 0.6) is 0 Å². The zero-order valence-electron chi connectivity index (χ0n) is 10.8. The van der Waals surface area contributed by atoms with Crippen LogP contribution in [0.15, 0.2) is 12.1 Å². The van der Waals surface area contributed by atoms with E-state index >= 15 is 0 Å². The zero-order valence-corrected chi connectivity index (χ0v) is 10.8. The molecule has 1 aromatic carbocycles. The number of esters is 1. The maximum absolute atomic E-state index is 14.5. The first kappa shape index (κ1) is 13.0. The third-order valence-electron chi connectivity index (χ3n) is 3.53. The molecule has 4 heteroatoms. The van der Waals surface area contributed by atoms with E-state index in [2.05, 4.69) is 10.1 Å². The molecular formula is C14H18FNO2. The molecule has 1 aromatic rings. The summed E-state index contributed by atoms with van der Waals surface area (Å²) in [5, 5.41) is 3.21. The van der Waals surface area contributed by atoms with Gasteiger partial charge in [0.25, 0.3) is 0 Å². The average Bonchev–Trinajstić information content (AvgIpc) is 2.91. The van der Waals surface area contributed by atoms with E-state index in [-0.39, 0.29) is 11.5 Å². The Morgan fingerprint density at radius 2 is 2.33 bits per heavy atom. The fraction of sp³-hybridized carbons (Fsp3) is 0.500. The van der Waals surface area contributed by atoms with Crippen molar-refractivity contribution >= 4 is 5.97 Å². The topological polar surface area (TPSA) is 38.3 Å². The second-order valence-corrected chi connectivity index (χ2v) is 4.54. The standard InChI is InChI=1S/C14H18FNO2/c1-3-9-4-5-11(10-6-7-16-8-10)13(15)12(9)14(17)18-2/h4-5,10,16H,3,6-8H2,1-2H3. The summed E-state index contributed by atoms with van der Waals surface area (Å²) in [7, 11) is 1.28. The fourth-order valence-corrected chi connectivity index (χ4v) is 2.48. The molecule has 1 atom stereocenters. The van der Waals surface area contributed by atoms with Crippen molar-refractivity contribution in [2.24, 2.45) is 0 Å². The molecule has 3 nitrogen and oxygen atoms in total. The van der Waals surface area contributed by atoms with Gasteiger partial charge in [-0.15, -0.1) is 0 Å². The Morgan fingerprint density at radius 1 is 1.56 bits per heavy atom. The second-order valence-electron chi connectivity index (χ2n) is 4.54. The number of carbonyl (C=O) groups is 1. The lowest BCUT2D eigenvalue weighted by Crippen LogP contribution is -2.14. The molecule has 0 radical (unpaired) electrons. The summed E-state index contributed by atoms with van der Waals surface area (Å²) in [5.74, 6) is -0.841. The van der Waals surface area contributed by atoms with E-state index in [0.29, 0.717) is 17.5 Å². The number of benzene rings is 1. The Labute approximate surface area is 106 Å². The summed E-state index contributed by atoms with van der Waals surface area (Å²) in [5.41, 5.74) is 1.43. The van der Waals surface area contributed by atoms with E-state index in [1.807, 2.05) is 13.0 Å². The van der Waals surface area contributed by atoms with Crippen LogP contribution in [0.3, 0.4) is 0 Å². The van der Waals surface area contributed by atoms with E-state index in [0.717, 1.165) is 19.5 Å². The maximum atomic E-state index is 14.5. The van der Waals surface area contributed by atoms with Gasteiger partial charge in [0.05, 0.1) is 12.7 Å². The highest BCUT2D eigenvalue weighted by Crippen LogP contribution is 2.29. The molecule has 0 aliphatic carbocycles. The van der Waals surface area contributed by atoms with Crippen LogP contribution < -0.4 is 5.32 Å². The molecule has 1 fully saturated rings. The van der Waals surface area contributed by atoms with Crippen LogP contribution in [-0.4, -0.2) is 26.2 Å². The molecule has 1 saturated heterocycles. The molecule has 1 unspecified atom stereocenters. The van der Waals surface area contributed by atoms with Crippen molar-refractivity contribution in [1.29, 1.82) is 0 Å². The van der Waals surface area contributed by atoms with E-state index < -0.39 is 11.8 Å². The van der Waals surface area contributed by atoms with Crippen molar-refractivity contribution in [2.75, 3.05) is 20.2 Å². The van der Waals surface area contributed by atoms with Gasteiger partial charge in [0.15, 0.2) is 0 Å².